The van der Waals surface area contributed by atoms with E-state index in [9.17, 15) is 5.11 Å². The minimum Gasteiger partial charge on any atom is -0.396 e. The zero-order chi connectivity index (χ0) is 12.3. The van der Waals surface area contributed by atoms with Gasteiger partial charge in [0.25, 0.3) is 0 Å². The fraction of sp³-hybridized carbons (Fsp3) is 0.818. The van der Waals surface area contributed by atoms with Gasteiger partial charge in [-0.05, 0) is 12.8 Å². The lowest BCUT2D eigenvalue weighted by atomic mass is 10.1. The molecule has 0 aromatic carbocycles. The largest absolute Gasteiger partial charge is 0.396 e. The summed E-state index contributed by atoms with van der Waals surface area (Å²) in [5, 5.41) is 17.6. The third kappa shape index (κ3) is 2.65. The summed E-state index contributed by atoms with van der Waals surface area (Å²) in [4.78, 5) is 0. The summed E-state index contributed by atoms with van der Waals surface area (Å²) in [7, 11) is 1.67. The maximum absolute atomic E-state index is 9.34. The number of hydrogen-bond acceptors (Lipinski definition) is 5. The summed E-state index contributed by atoms with van der Waals surface area (Å²) in [6.07, 6.45) is 2.88. The molecule has 0 aliphatic heterocycles. The van der Waals surface area contributed by atoms with Crippen molar-refractivity contribution in [3.05, 3.63) is 11.4 Å². The number of methoxy groups -OCH3 is 1. The molecule has 6 nitrogen and oxygen atoms in total. The van der Waals surface area contributed by atoms with Crippen molar-refractivity contribution >= 4 is 0 Å². The van der Waals surface area contributed by atoms with E-state index in [0.717, 1.165) is 37.2 Å². The van der Waals surface area contributed by atoms with Crippen molar-refractivity contribution in [3.63, 3.8) is 0 Å². The third-order valence-corrected chi connectivity index (χ3v) is 3.43. The van der Waals surface area contributed by atoms with E-state index < -0.39 is 0 Å². The lowest BCUT2D eigenvalue weighted by Gasteiger charge is -2.13. The molecule has 2 rings (SSSR count). The number of hydrogen-bond donors (Lipinski definition) is 2. The highest BCUT2D eigenvalue weighted by molar-refractivity contribution is 5.11. The molecule has 1 aliphatic carbocycles. The number of aromatic nitrogens is 3. The smallest absolute Gasteiger partial charge is 0.0995 e. The molecule has 1 saturated carbocycles. The van der Waals surface area contributed by atoms with Crippen molar-refractivity contribution in [2.24, 2.45) is 11.1 Å². The van der Waals surface area contributed by atoms with Crippen LogP contribution < -0.4 is 5.73 Å². The molecule has 1 heterocycles. The summed E-state index contributed by atoms with van der Waals surface area (Å²) in [5.74, 6) is 0. The van der Waals surface area contributed by atoms with Gasteiger partial charge < -0.3 is 15.6 Å². The minimum atomic E-state index is 0.0292. The van der Waals surface area contributed by atoms with E-state index in [0.29, 0.717) is 13.2 Å². The summed E-state index contributed by atoms with van der Waals surface area (Å²) < 4.78 is 6.96. The number of aliphatic hydroxyl groups is 1. The predicted molar refractivity (Wildman–Crippen MR) is 62.2 cm³/mol. The molecule has 3 N–H and O–H groups in total. The average Bonchev–Trinajstić information content (AvgIpc) is 3.02. The monoisotopic (exact) mass is 240 g/mol. The van der Waals surface area contributed by atoms with Crippen LogP contribution in [0.25, 0.3) is 0 Å². The molecule has 1 aliphatic rings. The molecule has 0 amide bonds. The quantitative estimate of drug-likeness (QED) is 0.683. The SMILES string of the molecule is COCCc1c(CN)nnn1CC1(CO)CC1. The summed E-state index contributed by atoms with van der Waals surface area (Å²) in [6.45, 7) is 1.97. The molecule has 0 spiro atoms. The van der Waals surface area contributed by atoms with Crippen LogP contribution >= 0.6 is 0 Å². The molecular formula is C11H20N4O2. The Labute approximate surface area is 101 Å². The molecule has 0 atom stereocenters. The Bertz CT molecular complexity index is 374. The van der Waals surface area contributed by atoms with Crippen LogP contribution in [0.2, 0.25) is 0 Å². The third-order valence-electron chi connectivity index (χ3n) is 3.43. The Kier molecular flexibility index (Phi) is 3.76. The first-order chi connectivity index (χ1) is 8.24. The van der Waals surface area contributed by atoms with Gasteiger partial charge in [-0.1, -0.05) is 5.21 Å². The highest BCUT2D eigenvalue weighted by Crippen LogP contribution is 2.46. The van der Waals surface area contributed by atoms with Crippen LogP contribution in [0.5, 0.6) is 0 Å². The van der Waals surface area contributed by atoms with Crippen molar-refractivity contribution < 1.29 is 9.84 Å². The topological polar surface area (TPSA) is 86.2 Å². The number of aliphatic hydroxyl groups excluding tert-OH is 1. The number of nitrogens with zero attached hydrogens (tertiary/aromatic N) is 3. The van der Waals surface area contributed by atoms with E-state index in [-0.39, 0.29) is 12.0 Å². The fourth-order valence-electron chi connectivity index (χ4n) is 1.99. The van der Waals surface area contributed by atoms with Crippen LogP contribution in [-0.4, -0.2) is 40.4 Å². The number of nitrogens with two attached hydrogens (primary N) is 1. The number of ether oxygens (including phenoxy) is 1. The minimum absolute atomic E-state index is 0.0292. The first kappa shape index (κ1) is 12.5. The molecule has 0 bridgehead atoms. The molecule has 0 radical (unpaired) electrons. The van der Waals surface area contributed by atoms with E-state index >= 15 is 0 Å². The van der Waals surface area contributed by atoms with Gasteiger partial charge in [0.1, 0.15) is 0 Å². The van der Waals surface area contributed by atoms with Crippen molar-refractivity contribution in [2.45, 2.75) is 32.4 Å². The highest BCUT2D eigenvalue weighted by Gasteiger charge is 2.43. The van der Waals surface area contributed by atoms with Crippen molar-refractivity contribution in [1.29, 1.82) is 0 Å². The van der Waals surface area contributed by atoms with Gasteiger partial charge in [0.15, 0.2) is 0 Å². The predicted octanol–water partition coefficient (Wildman–Crippen LogP) is -0.302. The second-order valence-electron chi connectivity index (χ2n) is 4.75. The lowest BCUT2D eigenvalue weighted by molar-refractivity contribution is 0.183. The molecule has 1 fully saturated rings. The van der Waals surface area contributed by atoms with Crippen LogP contribution in [0.4, 0.5) is 0 Å². The van der Waals surface area contributed by atoms with Crippen LogP contribution in [0.15, 0.2) is 0 Å². The van der Waals surface area contributed by atoms with Gasteiger partial charge in [-0.2, -0.15) is 0 Å². The van der Waals surface area contributed by atoms with Crippen LogP contribution in [-0.2, 0) is 24.2 Å². The van der Waals surface area contributed by atoms with Gasteiger partial charge in [0, 0.05) is 25.5 Å². The highest BCUT2D eigenvalue weighted by atomic mass is 16.5. The molecule has 0 saturated heterocycles. The molecule has 17 heavy (non-hydrogen) atoms. The van der Waals surface area contributed by atoms with E-state index in [1.165, 1.54) is 0 Å². The van der Waals surface area contributed by atoms with E-state index in [1.807, 2.05) is 4.68 Å². The Morgan fingerprint density at radius 1 is 1.53 bits per heavy atom. The van der Waals surface area contributed by atoms with E-state index in [4.69, 9.17) is 10.5 Å². The second-order valence-corrected chi connectivity index (χ2v) is 4.75. The Morgan fingerprint density at radius 3 is 2.82 bits per heavy atom. The molecule has 6 heteroatoms. The van der Waals surface area contributed by atoms with Crippen molar-refractivity contribution in [2.75, 3.05) is 20.3 Å². The Balaban J connectivity index is 2.12. The molecular weight excluding hydrogens is 220 g/mol. The average molecular weight is 240 g/mol. The van der Waals surface area contributed by atoms with Gasteiger partial charge in [-0.3, -0.25) is 0 Å². The van der Waals surface area contributed by atoms with Gasteiger partial charge in [0.2, 0.25) is 0 Å². The first-order valence-electron chi connectivity index (χ1n) is 5.96. The molecule has 0 unspecified atom stereocenters. The number of rotatable bonds is 7. The van der Waals surface area contributed by atoms with Gasteiger partial charge >= 0.3 is 0 Å². The van der Waals surface area contributed by atoms with Crippen LogP contribution in [0, 0.1) is 5.41 Å². The first-order valence-corrected chi connectivity index (χ1v) is 5.96. The van der Waals surface area contributed by atoms with Gasteiger partial charge in [-0.25, -0.2) is 4.68 Å². The Morgan fingerprint density at radius 2 is 2.29 bits per heavy atom. The molecule has 1 aromatic rings. The van der Waals surface area contributed by atoms with Crippen molar-refractivity contribution in [3.8, 4) is 0 Å². The zero-order valence-electron chi connectivity index (χ0n) is 10.2. The normalized spacial score (nSPS) is 17.4. The van der Waals surface area contributed by atoms with Crippen LogP contribution in [0.1, 0.15) is 24.2 Å². The zero-order valence-corrected chi connectivity index (χ0v) is 10.2. The summed E-state index contributed by atoms with van der Waals surface area (Å²) in [5.41, 5.74) is 7.54. The molecule has 1 aromatic heterocycles. The van der Waals surface area contributed by atoms with Gasteiger partial charge in [-0.15, -0.1) is 5.10 Å². The summed E-state index contributed by atoms with van der Waals surface area (Å²) in [6, 6.07) is 0. The second kappa shape index (κ2) is 5.12. The van der Waals surface area contributed by atoms with Gasteiger partial charge in [0.05, 0.1) is 31.1 Å². The fourth-order valence-corrected chi connectivity index (χ4v) is 1.99. The van der Waals surface area contributed by atoms with Crippen LogP contribution in [0.3, 0.4) is 0 Å². The van der Waals surface area contributed by atoms with E-state index in [2.05, 4.69) is 10.3 Å². The standard InChI is InChI=1S/C11H20N4O2/c1-17-5-2-10-9(6-12)13-14-15(10)7-11(8-16)3-4-11/h16H,2-8,12H2,1H3. The lowest BCUT2D eigenvalue weighted by Crippen LogP contribution is -2.19. The van der Waals surface area contributed by atoms with E-state index in [1.54, 1.807) is 7.11 Å². The maximum Gasteiger partial charge on any atom is 0.0995 e. The molecule has 96 valence electrons. The maximum atomic E-state index is 9.34. The van der Waals surface area contributed by atoms with Crippen molar-refractivity contribution in [1.82, 2.24) is 15.0 Å². The Hall–Kier alpha value is -0.980. The summed E-state index contributed by atoms with van der Waals surface area (Å²) >= 11 is 0.